The third-order valence-electron chi connectivity index (χ3n) is 4.03. The number of hydrogen-bond donors (Lipinski definition) is 1. The van der Waals surface area contributed by atoms with Crippen LogP contribution in [0.1, 0.15) is 5.56 Å². The summed E-state index contributed by atoms with van der Waals surface area (Å²) >= 11 is 6.04. The van der Waals surface area contributed by atoms with Crippen molar-refractivity contribution in [3.05, 3.63) is 47.2 Å². The number of piperazine rings is 1. The zero-order valence-electron chi connectivity index (χ0n) is 13.8. The van der Waals surface area contributed by atoms with Crippen molar-refractivity contribution < 1.29 is 9.59 Å². The number of nitrogens with one attached hydrogen (secondary N) is 1. The van der Waals surface area contributed by atoms with Gasteiger partial charge in [-0.3, -0.25) is 9.59 Å². The first-order chi connectivity index (χ1) is 12.0. The molecule has 25 heavy (non-hydrogen) atoms. The fourth-order valence-corrected chi connectivity index (χ4v) is 2.74. The number of benzene rings is 1. The van der Waals surface area contributed by atoms with E-state index in [-0.39, 0.29) is 0 Å². The van der Waals surface area contributed by atoms with Gasteiger partial charge in [-0.05, 0) is 30.7 Å². The second kappa shape index (κ2) is 7.48. The Hall–Kier alpha value is -2.67. The number of aryl methyl sites for hydroxylation is 1. The molecular formula is C17H18ClN5O2. The molecular weight excluding hydrogens is 342 g/mol. The first-order valence-electron chi connectivity index (χ1n) is 7.93. The van der Waals surface area contributed by atoms with Gasteiger partial charge < -0.3 is 15.1 Å². The van der Waals surface area contributed by atoms with E-state index in [0.29, 0.717) is 42.8 Å². The first-order valence-corrected chi connectivity index (χ1v) is 8.31. The van der Waals surface area contributed by atoms with E-state index in [2.05, 4.69) is 15.3 Å². The largest absolute Gasteiger partial charge is 0.337 e. The number of rotatable bonds is 2. The van der Waals surface area contributed by atoms with E-state index in [4.69, 9.17) is 11.6 Å². The summed E-state index contributed by atoms with van der Waals surface area (Å²) in [6, 6.07) is 6.90. The van der Waals surface area contributed by atoms with Crippen LogP contribution in [-0.4, -0.2) is 52.9 Å². The van der Waals surface area contributed by atoms with Gasteiger partial charge in [-0.25, -0.2) is 9.97 Å². The Morgan fingerprint density at radius 3 is 2.44 bits per heavy atom. The van der Waals surface area contributed by atoms with Crippen LogP contribution in [0, 0.1) is 6.92 Å². The minimum absolute atomic E-state index is 0.444. The zero-order chi connectivity index (χ0) is 17.8. The summed E-state index contributed by atoms with van der Waals surface area (Å²) in [7, 11) is 0. The summed E-state index contributed by atoms with van der Waals surface area (Å²) in [5.74, 6) is -0.581. The van der Waals surface area contributed by atoms with Crippen molar-refractivity contribution in [1.29, 1.82) is 0 Å². The Kier molecular flexibility index (Phi) is 5.14. The number of nitrogens with zero attached hydrogens (tertiary/aromatic N) is 4. The first kappa shape index (κ1) is 17.2. The van der Waals surface area contributed by atoms with Gasteiger partial charge >= 0.3 is 11.8 Å². The average Bonchev–Trinajstić information content (AvgIpc) is 2.65. The lowest BCUT2D eigenvalue weighted by molar-refractivity contribution is -0.143. The molecule has 1 aromatic heterocycles. The second-order valence-electron chi connectivity index (χ2n) is 5.75. The van der Waals surface area contributed by atoms with Gasteiger partial charge in [0.2, 0.25) is 5.95 Å². The minimum atomic E-state index is -0.663. The highest BCUT2D eigenvalue weighted by atomic mass is 35.5. The lowest BCUT2D eigenvalue weighted by Gasteiger charge is -2.34. The SMILES string of the molecule is Cc1ccc(NC(=O)C(=O)N2CCN(c3ncccn3)CC2)cc1Cl. The van der Waals surface area contributed by atoms with Gasteiger partial charge in [0, 0.05) is 49.3 Å². The molecule has 1 aliphatic heterocycles. The maximum absolute atomic E-state index is 12.3. The topological polar surface area (TPSA) is 78.4 Å². The summed E-state index contributed by atoms with van der Waals surface area (Å²) in [5, 5.41) is 3.14. The van der Waals surface area contributed by atoms with Gasteiger partial charge in [0.05, 0.1) is 0 Å². The fraction of sp³-hybridized carbons (Fsp3) is 0.294. The molecule has 1 saturated heterocycles. The third-order valence-corrected chi connectivity index (χ3v) is 4.43. The Balaban J connectivity index is 1.56. The van der Waals surface area contributed by atoms with Crippen LogP contribution in [0.5, 0.6) is 0 Å². The van der Waals surface area contributed by atoms with Crippen molar-refractivity contribution in [2.75, 3.05) is 36.4 Å². The molecule has 7 nitrogen and oxygen atoms in total. The van der Waals surface area contributed by atoms with Crippen molar-refractivity contribution in [2.24, 2.45) is 0 Å². The van der Waals surface area contributed by atoms with Crippen LogP contribution in [-0.2, 0) is 9.59 Å². The van der Waals surface area contributed by atoms with Gasteiger partial charge in [0.1, 0.15) is 0 Å². The quantitative estimate of drug-likeness (QED) is 0.826. The molecule has 0 radical (unpaired) electrons. The molecule has 0 spiro atoms. The Bertz CT molecular complexity index is 776. The number of halogens is 1. The summed E-state index contributed by atoms with van der Waals surface area (Å²) in [6.45, 7) is 3.92. The van der Waals surface area contributed by atoms with Gasteiger partial charge in [0.15, 0.2) is 0 Å². The Morgan fingerprint density at radius 1 is 1.12 bits per heavy atom. The number of hydrogen-bond acceptors (Lipinski definition) is 5. The molecule has 0 atom stereocenters. The number of carbonyl (C=O) groups is 2. The van der Waals surface area contributed by atoms with Gasteiger partial charge in [-0.1, -0.05) is 17.7 Å². The summed E-state index contributed by atoms with van der Waals surface area (Å²) < 4.78 is 0. The lowest BCUT2D eigenvalue weighted by atomic mass is 10.2. The molecule has 0 aliphatic carbocycles. The van der Waals surface area contributed by atoms with Crippen LogP contribution in [0.3, 0.4) is 0 Å². The molecule has 2 amide bonds. The molecule has 1 aliphatic rings. The van der Waals surface area contributed by atoms with Gasteiger partial charge in [-0.2, -0.15) is 0 Å². The van der Waals surface area contributed by atoms with Gasteiger partial charge in [-0.15, -0.1) is 0 Å². The number of aromatic nitrogens is 2. The van der Waals surface area contributed by atoms with E-state index < -0.39 is 11.8 Å². The van der Waals surface area contributed by atoms with Gasteiger partial charge in [0.25, 0.3) is 0 Å². The second-order valence-corrected chi connectivity index (χ2v) is 6.15. The Labute approximate surface area is 150 Å². The van der Waals surface area contributed by atoms with Crippen LogP contribution in [0.25, 0.3) is 0 Å². The monoisotopic (exact) mass is 359 g/mol. The molecule has 8 heteroatoms. The minimum Gasteiger partial charge on any atom is -0.337 e. The normalized spacial score (nSPS) is 14.3. The molecule has 1 N–H and O–H groups in total. The predicted octanol–water partition coefficient (Wildman–Crippen LogP) is 1.73. The average molecular weight is 360 g/mol. The van der Waals surface area contributed by atoms with E-state index in [1.807, 2.05) is 11.8 Å². The molecule has 1 fully saturated rings. The third kappa shape index (κ3) is 4.06. The molecule has 0 saturated carbocycles. The molecule has 2 heterocycles. The van der Waals surface area contributed by atoms with E-state index >= 15 is 0 Å². The molecule has 3 rings (SSSR count). The molecule has 0 bridgehead atoms. The smallest absolute Gasteiger partial charge is 0.313 e. The Morgan fingerprint density at radius 2 is 1.80 bits per heavy atom. The molecule has 0 unspecified atom stereocenters. The number of amides is 2. The number of carbonyl (C=O) groups excluding carboxylic acids is 2. The summed E-state index contributed by atoms with van der Waals surface area (Å²) in [4.78, 5) is 36.4. The molecule has 1 aromatic carbocycles. The van der Waals surface area contributed by atoms with Crippen molar-refractivity contribution in [1.82, 2.24) is 14.9 Å². The summed E-state index contributed by atoms with van der Waals surface area (Å²) in [6.07, 6.45) is 3.36. The van der Waals surface area contributed by atoms with E-state index in [1.165, 1.54) is 4.90 Å². The van der Waals surface area contributed by atoms with E-state index in [0.717, 1.165) is 5.56 Å². The van der Waals surface area contributed by atoms with Crippen LogP contribution < -0.4 is 10.2 Å². The maximum atomic E-state index is 12.3. The van der Waals surface area contributed by atoms with E-state index in [9.17, 15) is 9.59 Å². The van der Waals surface area contributed by atoms with Crippen LogP contribution in [0.4, 0.5) is 11.6 Å². The van der Waals surface area contributed by atoms with Crippen molar-refractivity contribution in [3.8, 4) is 0 Å². The van der Waals surface area contributed by atoms with E-state index in [1.54, 1.807) is 36.7 Å². The van der Waals surface area contributed by atoms with Crippen LogP contribution >= 0.6 is 11.6 Å². The summed E-state index contributed by atoms with van der Waals surface area (Å²) in [5.41, 5.74) is 1.41. The zero-order valence-corrected chi connectivity index (χ0v) is 14.5. The molecule has 2 aromatic rings. The highest BCUT2D eigenvalue weighted by molar-refractivity contribution is 6.39. The van der Waals surface area contributed by atoms with Crippen LogP contribution in [0.2, 0.25) is 5.02 Å². The molecule has 130 valence electrons. The highest BCUT2D eigenvalue weighted by Gasteiger charge is 2.26. The predicted molar refractivity (Wildman–Crippen MR) is 95.6 cm³/mol. The van der Waals surface area contributed by atoms with Crippen molar-refractivity contribution >= 4 is 35.1 Å². The van der Waals surface area contributed by atoms with Crippen molar-refractivity contribution in [3.63, 3.8) is 0 Å². The number of anilines is 2. The van der Waals surface area contributed by atoms with Crippen molar-refractivity contribution in [2.45, 2.75) is 6.92 Å². The van der Waals surface area contributed by atoms with Crippen LogP contribution in [0.15, 0.2) is 36.7 Å². The lowest BCUT2D eigenvalue weighted by Crippen LogP contribution is -2.52. The maximum Gasteiger partial charge on any atom is 0.313 e. The standard InChI is InChI=1S/C17H18ClN5O2/c1-12-3-4-13(11-14(12)18)21-15(24)16(25)22-7-9-23(10-8-22)17-19-5-2-6-20-17/h2-6,11H,7-10H2,1H3,(H,21,24). The fourth-order valence-electron chi connectivity index (χ4n) is 2.56. The highest BCUT2D eigenvalue weighted by Crippen LogP contribution is 2.20.